The molecule has 1 N–H and O–H groups in total. The molecule has 0 heterocycles. The fourth-order valence-corrected chi connectivity index (χ4v) is 2.70. The van der Waals surface area contributed by atoms with Gasteiger partial charge in [-0.3, -0.25) is 4.79 Å². The first-order chi connectivity index (χ1) is 7.73. The van der Waals surface area contributed by atoms with Crippen molar-refractivity contribution in [3.8, 4) is 0 Å². The molecule has 1 unspecified atom stereocenters. The van der Waals surface area contributed by atoms with Gasteiger partial charge in [-0.2, -0.15) is 0 Å². The lowest BCUT2D eigenvalue weighted by molar-refractivity contribution is -0.143. The summed E-state index contributed by atoms with van der Waals surface area (Å²) >= 11 is 0. The van der Waals surface area contributed by atoms with Gasteiger partial charge in [0.2, 0.25) is 0 Å². The molecule has 0 spiro atoms. The van der Waals surface area contributed by atoms with E-state index in [1.54, 1.807) is 0 Å². The normalized spacial score (nSPS) is 23.2. The van der Waals surface area contributed by atoms with Crippen molar-refractivity contribution in [2.75, 3.05) is 13.2 Å². The van der Waals surface area contributed by atoms with Crippen molar-refractivity contribution in [2.24, 2.45) is 16.7 Å². The van der Waals surface area contributed by atoms with Gasteiger partial charge >= 0.3 is 5.97 Å². The van der Waals surface area contributed by atoms with Gasteiger partial charge in [0.05, 0.1) is 13.0 Å². The van der Waals surface area contributed by atoms with E-state index in [1.807, 2.05) is 13.8 Å². The van der Waals surface area contributed by atoms with Crippen LogP contribution in [0.3, 0.4) is 0 Å². The van der Waals surface area contributed by atoms with E-state index in [0.29, 0.717) is 29.8 Å². The monoisotopic (exact) mass is 241 g/mol. The molecule has 0 bridgehead atoms. The Kier molecular flexibility index (Phi) is 4.23. The van der Waals surface area contributed by atoms with E-state index in [9.17, 15) is 4.79 Å². The second-order valence-corrected chi connectivity index (χ2v) is 6.31. The fourth-order valence-electron chi connectivity index (χ4n) is 2.70. The Balaban J connectivity index is 2.26. The van der Waals surface area contributed by atoms with Gasteiger partial charge < -0.3 is 10.1 Å². The fraction of sp³-hybridized carbons (Fsp3) is 0.929. The lowest BCUT2D eigenvalue weighted by Crippen LogP contribution is -2.31. The van der Waals surface area contributed by atoms with Crippen molar-refractivity contribution in [2.45, 2.75) is 54.0 Å². The van der Waals surface area contributed by atoms with E-state index >= 15 is 0 Å². The molecule has 0 radical (unpaired) electrons. The minimum atomic E-state index is -0.109. The van der Waals surface area contributed by atoms with Crippen LogP contribution in [-0.2, 0) is 9.53 Å². The summed E-state index contributed by atoms with van der Waals surface area (Å²) in [6.07, 6.45) is 0.460. The van der Waals surface area contributed by atoms with Crippen molar-refractivity contribution in [1.29, 1.82) is 0 Å². The van der Waals surface area contributed by atoms with Crippen LogP contribution in [0, 0.1) is 16.7 Å². The first-order valence-corrected chi connectivity index (χ1v) is 6.62. The molecule has 3 heteroatoms. The van der Waals surface area contributed by atoms with Crippen molar-refractivity contribution >= 4 is 5.97 Å². The summed E-state index contributed by atoms with van der Waals surface area (Å²) in [5.41, 5.74) is 0.813. The number of carbonyl (C=O) groups is 1. The second kappa shape index (κ2) is 4.97. The largest absolute Gasteiger partial charge is 0.466 e. The van der Waals surface area contributed by atoms with Crippen molar-refractivity contribution in [1.82, 2.24) is 5.32 Å². The third kappa shape index (κ3) is 3.01. The van der Waals surface area contributed by atoms with Crippen LogP contribution < -0.4 is 5.32 Å². The molecule has 3 nitrogen and oxygen atoms in total. The maximum Gasteiger partial charge on any atom is 0.307 e. The molecule has 0 amide bonds. The highest BCUT2D eigenvalue weighted by molar-refractivity contribution is 5.69. The van der Waals surface area contributed by atoms with Gasteiger partial charge in [0.15, 0.2) is 0 Å². The molecule has 0 aliphatic heterocycles. The SMILES string of the molecule is CCOC(=O)CC(C)NCC1C(C)(C)C1(C)C. The molecule has 1 atom stereocenters. The van der Waals surface area contributed by atoms with Crippen LogP contribution in [0.25, 0.3) is 0 Å². The van der Waals surface area contributed by atoms with E-state index in [2.05, 4.69) is 33.0 Å². The minimum absolute atomic E-state index is 0.109. The van der Waals surface area contributed by atoms with Crippen LogP contribution in [0.1, 0.15) is 48.0 Å². The number of ether oxygens (including phenoxy) is 1. The Hall–Kier alpha value is -0.570. The first kappa shape index (κ1) is 14.5. The first-order valence-electron chi connectivity index (χ1n) is 6.62. The van der Waals surface area contributed by atoms with Crippen LogP contribution in [0.15, 0.2) is 0 Å². The van der Waals surface area contributed by atoms with Gasteiger partial charge in [0, 0.05) is 6.04 Å². The van der Waals surface area contributed by atoms with Crippen LogP contribution in [0.4, 0.5) is 0 Å². The number of nitrogens with one attached hydrogen (secondary N) is 1. The van der Waals surface area contributed by atoms with Gasteiger partial charge in [-0.05, 0) is 37.1 Å². The summed E-state index contributed by atoms with van der Waals surface area (Å²) in [5, 5.41) is 3.44. The summed E-state index contributed by atoms with van der Waals surface area (Å²) in [6, 6.07) is 0.196. The van der Waals surface area contributed by atoms with Gasteiger partial charge in [-0.1, -0.05) is 27.7 Å². The predicted molar refractivity (Wildman–Crippen MR) is 69.8 cm³/mol. The summed E-state index contributed by atoms with van der Waals surface area (Å²) in [6.45, 7) is 14.6. The Morgan fingerprint density at radius 3 is 2.24 bits per heavy atom. The second-order valence-electron chi connectivity index (χ2n) is 6.31. The van der Waals surface area contributed by atoms with Crippen molar-refractivity contribution < 1.29 is 9.53 Å². The highest BCUT2D eigenvalue weighted by atomic mass is 16.5. The number of hydrogen-bond acceptors (Lipinski definition) is 3. The molecule has 1 fully saturated rings. The smallest absolute Gasteiger partial charge is 0.307 e. The topological polar surface area (TPSA) is 38.3 Å². The molecule has 0 saturated heterocycles. The van der Waals surface area contributed by atoms with Crippen molar-refractivity contribution in [3.63, 3.8) is 0 Å². The average Bonchev–Trinajstić information content (AvgIpc) is 2.55. The maximum absolute atomic E-state index is 11.3. The lowest BCUT2D eigenvalue weighted by atomic mass is 10.0. The van der Waals surface area contributed by atoms with Crippen LogP contribution in [-0.4, -0.2) is 25.2 Å². The van der Waals surface area contributed by atoms with Gasteiger partial charge in [0.25, 0.3) is 0 Å². The molecule has 1 aliphatic carbocycles. The Morgan fingerprint density at radius 1 is 1.29 bits per heavy atom. The summed E-state index contributed by atoms with van der Waals surface area (Å²) in [5.74, 6) is 0.585. The van der Waals surface area contributed by atoms with Crippen LogP contribution in [0.5, 0.6) is 0 Å². The standard InChI is InChI=1S/C14H27NO2/c1-7-17-12(16)8-10(2)15-9-11-13(3,4)14(11,5)6/h10-11,15H,7-9H2,1-6H3. The zero-order chi connectivity index (χ0) is 13.3. The summed E-state index contributed by atoms with van der Waals surface area (Å²) < 4.78 is 4.94. The highest BCUT2D eigenvalue weighted by Gasteiger charge is 2.63. The number of hydrogen-bond donors (Lipinski definition) is 1. The molecule has 0 aromatic rings. The molecular weight excluding hydrogens is 214 g/mol. The molecule has 0 aromatic heterocycles. The van der Waals surface area contributed by atoms with E-state index < -0.39 is 0 Å². The van der Waals surface area contributed by atoms with E-state index in [-0.39, 0.29) is 12.0 Å². The molecule has 0 aromatic carbocycles. The van der Waals surface area contributed by atoms with Crippen LogP contribution >= 0.6 is 0 Å². The van der Waals surface area contributed by atoms with E-state index in [0.717, 1.165) is 6.54 Å². The van der Waals surface area contributed by atoms with E-state index in [4.69, 9.17) is 4.74 Å². The number of carbonyl (C=O) groups excluding carboxylic acids is 1. The Bertz CT molecular complexity index is 270. The maximum atomic E-state index is 11.3. The molecule has 17 heavy (non-hydrogen) atoms. The quantitative estimate of drug-likeness (QED) is 0.726. The summed E-state index contributed by atoms with van der Waals surface area (Å²) in [7, 11) is 0. The highest BCUT2D eigenvalue weighted by Crippen LogP contribution is 2.67. The average molecular weight is 241 g/mol. The number of rotatable bonds is 6. The molecule has 100 valence electrons. The van der Waals surface area contributed by atoms with Gasteiger partial charge in [0.1, 0.15) is 0 Å². The Labute approximate surface area is 105 Å². The zero-order valence-corrected chi connectivity index (χ0v) is 12.1. The third-order valence-electron chi connectivity index (χ3n) is 4.77. The molecule has 1 saturated carbocycles. The summed E-state index contributed by atoms with van der Waals surface area (Å²) in [4.78, 5) is 11.3. The third-order valence-corrected chi connectivity index (χ3v) is 4.77. The van der Waals surface area contributed by atoms with Gasteiger partial charge in [-0.15, -0.1) is 0 Å². The number of esters is 1. The Morgan fingerprint density at radius 2 is 1.82 bits per heavy atom. The zero-order valence-electron chi connectivity index (χ0n) is 12.1. The molecular formula is C14H27NO2. The minimum Gasteiger partial charge on any atom is -0.466 e. The van der Waals surface area contributed by atoms with Gasteiger partial charge in [-0.25, -0.2) is 0 Å². The molecule has 1 aliphatic rings. The van der Waals surface area contributed by atoms with Crippen molar-refractivity contribution in [3.05, 3.63) is 0 Å². The lowest BCUT2D eigenvalue weighted by Gasteiger charge is -2.13. The molecule has 1 rings (SSSR count). The predicted octanol–water partition coefficient (Wildman–Crippen LogP) is 2.60. The van der Waals surface area contributed by atoms with Crippen LogP contribution in [0.2, 0.25) is 0 Å². The van der Waals surface area contributed by atoms with E-state index in [1.165, 1.54) is 0 Å².